The van der Waals surface area contributed by atoms with Crippen LogP contribution in [0.5, 0.6) is 0 Å². The Bertz CT molecular complexity index is 481. The van der Waals surface area contributed by atoms with E-state index in [-0.39, 0.29) is 23.5 Å². The molecule has 21 heavy (non-hydrogen) atoms. The molecule has 2 atom stereocenters. The van der Waals surface area contributed by atoms with Crippen molar-refractivity contribution in [3.05, 3.63) is 35.9 Å². The smallest absolute Gasteiger partial charge is 0.410 e. The lowest BCUT2D eigenvalue weighted by atomic mass is 9.98. The quantitative estimate of drug-likeness (QED) is 0.542. The number of halogens is 4. The molecule has 0 aromatic heterocycles. The average Bonchev–Trinajstić information content (AvgIpc) is 2.44. The summed E-state index contributed by atoms with van der Waals surface area (Å²) >= 11 is 1.95. The molecule has 1 aliphatic rings. The summed E-state index contributed by atoms with van der Waals surface area (Å²) in [5.41, 5.74) is 0.807. The van der Waals surface area contributed by atoms with Crippen LogP contribution in [-0.2, 0) is 11.3 Å². The number of hydrogen-bond donors (Lipinski definition) is 0. The zero-order valence-corrected chi connectivity index (χ0v) is 13.3. The molecule has 7 heteroatoms. The van der Waals surface area contributed by atoms with Crippen molar-refractivity contribution in [2.24, 2.45) is 5.92 Å². The summed E-state index contributed by atoms with van der Waals surface area (Å²) in [5.74, 6) is -1.47. The molecule has 0 N–H and O–H groups in total. The second kappa shape index (κ2) is 6.85. The van der Waals surface area contributed by atoms with Gasteiger partial charge in [-0.2, -0.15) is 13.2 Å². The first kappa shape index (κ1) is 16.4. The number of benzene rings is 1. The second-order valence-corrected chi connectivity index (χ2v) is 6.78. The van der Waals surface area contributed by atoms with Crippen molar-refractivity contribution >= 4 is 28.7 Å². The van der Waals surface area contributed by atoms with Crippen molar-refractivity contribution < 1.29 is 22.7 Å². The van der Waals surface area contributed by atoms with Gasteiger partial charge in [-0.3, -0.25) is 0 Å². The molecule has 1 saturated heterocycles. The van der Waals surface area contributed by atoms with Crippen LogP contribution in [0.15, 0.2) is 30.3 Å². The van der Waals surface area contributed by atoms with E-state index in [1.54, 1.807) is 12.1 Å². The maximum Gasteiger partial charge on any atom is 0.410 e. The van der Waals surface area contributed by atoms with Crippen LogP contribution in [0.2, 0.25) is 0 Å². The molecular formula is C14H15F3INO2. The Morgan fingerprint density at radius 3 is 2.57 bits per heavy atom. The van der Waals surface area contributed by atoms with Crippen molar-refractivity contribution in [3.8, 4) is 0 Å². The summed E-state index contributed by atoms with van der Waals surface area (Å²) in [6.45, 7) is 0.0379. The molecule has 0 bridgehead atoms. The summed E-state index contributed by atoms with van der Waals surface area (Å²) in [5, 5.41) is 0. The van der Waals surface area contributed by atoms with Crippen LogP contribution in [0.1, 0.15) is 12.0 Å². The number of ether oxygens (including phenoxy) is 1. The fourth-order valence-electron chi connectivity index (χ4n) is 2.23. The normalized spacial score (nSPS) is 23.0. The molecule has 116 valence electrons. The first-order chi connectivity index (χ1) is 9.86. The van der Waals surface area contributed by atoms with E-state index in [4.69, 9.17) is 4.74 Å². The van der Waals surface area contributed by atoms with E-state index < -0.39 is 18.2 Å². The van der Waals surface area contributed by atoms with Gasteiger partial charge >= 0.3 is 12.3 Å². The molecule has 1 amide bonds. The topological polar surface area (TPSA) is 29.5 Å². The van der Waals surface area contributed by atoms with Gasteiger partial charge < -0.3 is 9.64 Å². The van der Waals surface area contributed by atoms with E-state index in [9.17, 15) is 18.0 Å². The number of rotatable bonds is 2. The highest BCUT2D eigenvalue weighted by molar-refractivity contribution is 14.1. The van der Waals surface area contributed by atoms with E-state index in [1.165, 1.54) is 0 Å². The van der Waals surface area contributed by atoms with Crippen molar-refractivity contribution in [3.63, 3.8) is 0 Å². The Labute approximate surface area is 134 Å². The Morgan fingerprint density at radius 2 is 1.95 bits per heavy atom. The summed E-state index contributed by atoms with van der Waals surface area (Å²) in [6.07, 6.45) is -4.91. The van der Waals surface area contributed by atoms with Gasteiger partial charge in [-0.15, -0.1) is 0 Å². The number of nitrogens with zero attached hydrogens (tertiary/aromatic N) is 1. The number of likely N-dealkylation sites (tertiary alicyclic amines) is 1. The molecular weight excluding hydrogens is 398 g/mol. The van der Waals surface area contributed by atoms with Crippen molar-refractivity contribution in [1.29, 1.82) is 0 Å². The highest BCUT2D eigenvalue weighted by atomic mass is 127. The molecule has 0 radical (unpaired) electrons. The van der Waals surface area contributed by atoms with Crippen molar-refractivity contribution in [1.82, 2.24) is 4.90 Å². The van der Waals surface area contributed by atoms with Gasteiger partial charge in [0.25, 0.3) is 0 Å². The van der Waals surface area contributed by atoms with Crippen molar-refractivity contribution in [2.75, 3.05) is 13.1 Å². The average molecular weight is 413 g/mol. The minimum Gasteiger partial charge on any atom is -0.445 e. The monoisotopic (exact) mass is 413 g/mol. The van der Waals surface area contributed by atoms with E-state index in [1.807, 2.05) is 40.8 Å². The molecule has 1 fully saturated rings. The molecule has 2 rings (SSSR count). The van der Waals surface area contributed by atoms with Gasteiger partial charge in [-0.25, -0.2) is 4.79 Å². The number of piperidine rings is 1. The summed E-state index contributed by atoms with van der Waals surface area (Å²) in [7, 11) is 0. The second-order valence-electron chi connectivity index (χ2n) is 5.02. The molecule has 0 saturated carbocycles. The highest BCUT2D eigenvalue weighted by Gasteiger charge is 2.45. The Morgan fingerprint density at radius 1 is 1.29 bits per heavy atom. The first-order valence-corrected chi connectivity index (χ1v) is 7.77. The molecule has 0 unspecified atom stereocenters. The molecule has 0 spiro atoms. The van der Waals surface area contributed by atoms with Crippen LogP contribution in [0, 0.1) is 5.92 Å². The number of amides is 1. The summed E-state index contributed by atoms with van der Waals surface area (Å²) < 4.78 is 43.3. The SMILES string of the molecule is O=C(OCc1ccccc1)N1C[C@H](I)C[C@@H](C(F)(F)F)C1. The summed E-state index contributed by atoms with van der Waals surface area (Å²) in [6, 6.07) is 9.05. The van der Waals surface area contributed by atoms with E-state index >= 15 is 0 Å². The van der Waals surface area contributed by atoms with Gasteiger partial charge in [0.05, 0.1) is 5.92 Å². The minimum absolute atomic E-state index is 0.0481. The highest BCUT2D eigenvalue weighted by Crippen LogP contribution is 2.35. The maximum atomic E-state index is 12.8. The zero-order valence-electron chi connectivity index (χ0n) is 11.1. The first-order valence-electron chi connectivity index (χ1n) is 6.52. The van der Waals surface area contributed by atoms with Crippen LogP contribution in [0.4, 0.5) is 18.0 Å². The lowest BCUT2D eigenvalue weighted by molar-refractivity contribution is -0.183. The molecule has 0 aliphatic carbocycles. The number of carbonyl (C=O) groups excluding carboxylic acids is 1. The van der Waals surface area contributed by atoms with E-state index in [2.05, 4.69) is 0 Å². The number of alkyl halides is 4. The van der Waals surface area contributed by atoms with E-state index in [0.29, 0.717) is 6.54 Å². The van der Waals surface area contributed by atoms with Crippen LogP contribution in [0.3, 0.4) is 0 Å². The zero-order chi connectivity index (χ0) is 15.5. The third kappa shape index (κ3) is 4.76. The molecule has 1 aromatic carbocycles. The molecule has 3 nitrogen and oxygen atoms in total. The van der Waals surface area contributed by atoms with Crippen LogP contribution in [-0.4, -0.2) is 34.2 Å². The van der Waals surface area contributed by atoms with Gasteiger partial charge in [0, 0.05) is 17.0 Å². The van der Waals surface area contributed by atoms with Crippen LogP contribution < -0.4 is 0 Å². The van der Waals surface area contributed by atoms with E-state index in [0.717, 1.165) is 10.5 Å². The number of hydrogen-bond acceptors (Lipinski definition) is 2. The summed E-state index contributed by atoms with van der Waals surface area (Å²) in [4.78, 5) is 13.1. The minimum atomic E-state index is -4.28. The Kier molecular flexibility index (Phi) is 5.34. The van der Waals surface area contributed by atoms with Crippen molar-refractivity contribution in [2.45, 2.75) is 23.1 Å². The van der Waals surface area contributed by atoms with Gasteiger partial charge in [-0.1, -0.05) is 52.9 Å². The predicted molar refractivity (Wildman–Crippen MR) is 80.2 cm³/mol. The largest absolute Gasteiger partial charge is 0.445 e. The molecule has 1 aliphatic heterocycles. The van der Waals surface area contributed by atoms with Crippen LogP contribution in [0.25, 0.3) is 0 Å². The fourth-order valence-corrected chi connectivity index (χ4v) is 3.32. The van der Waals surface area contributed by atoms with Gasteiger partial charge in [0.2, 0.25) is 0 Å². The third-order valence-corrected chi connectivity index (χ3v) is 4.23. The predicted octanol–water partition coefficient (Wildman–Crippen LogP) is 4.01. The lowest BCUT2D eigenvalue weighted by Crippen LogP contribution is -2.48. The maximum absolute atomic E-state index is 12.8. The Hall–Kier alpha value is -0.990. The Balaban J connectivity index is 1.92. The van der Waals surface area contributed by atoms with Gasteiger partial charge in [0.15, 0.2) is 0 Å². The number of carbonyl (C=O) groups is 1. The van der Waals surface area contributed by atoms with Gasteiger partial charge in [0.1, 0.15) is 6.61 Å². The lowest BCUT2D eigenvalue weighted by Gasteiger charge is -2.35. The van der Waals surface area contributed by atoms with Gasteiger partial charge in [-0.05, 0) is 12.0 Å². The standard InChI is InChI=1S/C14H15F3INO2/c15-14(16,17)11-6-12(18)8-19(7-11)13(20)21-9-10-4-2-1-3-5-10/h1-5,11-12H,6-9H2/t11-,12-/m1/s1. The third-order valence-electron chi connectivity index (χ3n) is 3.33. The van der Waals surface area contributed by atoms with Crippen LogP contribution >= 0.6 is 22.6 Å². The molecule has 1 heterocycles. The fraction of sp³-hybridized carbons (Fsp3) is 0.500. The molecule has 1 aromatic rings.